The summed E-state index contributed by atoms with van der Waals surface area (Å²) in [5.41, 5.74) is 2.27. The molecular formula is C18H23N3O2. The molecule has 0 amide bonds. The van der Waals surface area contributed by atoms with Gasteiger partial charge in [0.1, 0.15) is 19.0 Å². The number of benzene rings is 1. The molecule has 5 nitrogen and oxygen atoms in total. The number of nitrogens with one attached hydrogen (secondary N) is 1. The van der Waals surface area contributed by atoms with Gasteiger partial charge in [-0.05, 0) is 44.7 Å². The molecule has 1 saturated heterocycles. The highest BCUT2D eigenvalue weighted by Gasteiger charge is 2.31. The molecule has 2 aromatic rings. The molecule has 23 heavy (non-hydrogen) atoms. The largest absolute Gasteiger partial charge is 0.486 e. The van der Waals surface area contributed by atoms with Crippen molar-refractivity contribution in [1.82, 2.24) is 14.9 Å². The Balaban J connectivity index is 1.58. The van der Waals surface area contributed by atoms with Crippen LogP contribution in [0.5, 0.6) is 11.5 Å². The van der Waals surface area contributed by atoms with Gasteiger partial charge in [0.05, 0.1) is 11.0 Å². The predicted molar refractivity (Wildman–Crippen MR) is 88.3 cm³/mol. The fraction of sp³-hybridized carbons (Fsp3) is 0.611. The quantitative estimate of drug-likeness (QED) is 0.946. The molecular weight excluding hydrogens is 290 g/mol. The van der Waals surface area contributed by atoms with Gasteiger partial charge in [-0.2, -0.15) is 0 Å². The van der Waals surface area contributed by atoms with Crippen molar-refractivity contribution in [3.8, 4) is 11.5 Å². The molecule has 3 aliphatic rings. The fourth-order valence-electron chi connectivity index (χ4n) is 3.86. The second-order valence-corrected chi connectivity index (χ2v) is 7.05. The minimum atomic E-state index is 0.627. The first-order valence-electron chi connectivity index (χ1n) is 8.89. The summed E-state index contributed by atoms with van der Waals surface area (Å²) >= 11 is 0. The van der Waals surface area contributed by atoms with Gasteiger partial charge in [0.25, 0.3) is 0 Å². The Morgan fingerprint density at radius 3 is 2.70 bits per heavy atom. The van der Waals surface area contributed by atoms with E-state index in [-0.39, 0.29) is 0 Å². The van der Waals surface area contributed by atoms with Gasteiger partial charge < -0.3 is 19.4 Å². The van der Waals surface area contributed by atoms with E-state index >= 15 is 0 Å². The SMILES string of the molecule is c1c2c(cc3c1nc(C1CC1)n3CC1CCCNC1)OCCO2. The first kappa shape index (κ1) is 13.7. The fourth-order valence-corrected chi connectivity index (χ4v) is 3.86. The number of imidazole rings is 1. The molecule has 5 heteroatoms. The number of piperidine rings is 1. The van der Waals surface area contributed by atoms with Crippen LogP contribution in [0.25, 0.3) is 11.0 Å². The molecule has 1 unspecified atom stereocenters. The molecule has 0 radical (unpaired) electrons. The van der Waals surface area contributed by atoms with Crippen molar-refractivity contribution < 1.29 is 9.47 Å². The van der Waals surface area contributed by atoms with Crippen molar-refractivity contribution in [2.24, 2.45) is 5.92 Å². The number of hydrogen-bond donors (Lipinski definition) is 1. The lowest BCUT2D eigenvalue weighted by Gasteiger charge is -2.24. The van der Waals surface area contributed by atoms with E-state index < -0.39 is 0 Å². The Labute approximate surface area is 136 Å². The Kier molecular flexibility index (Phi) is 3.21. The number of rotatable bonds is 3. The molecule has 122 valence electrons. The van der Waals surface area contributed by atoms with E-state index in [9.17, 15) is 0 Å². The average Bonchev–Trinajstić information content (AvgIpc) is 3.38. The topological polar surface area (TPSA) is 48.3 Å². The molecule has 3 heterocycles. The predicted octanol–water partition coefficient (Wildman–Crippen LogP) is 2.68. The molecule has 0 bridgehead atoms. The molecule has 1 aromatic carbocycles. The minimum Gasteiger partial charge on any atom is -0.486 e. The highest BCUT2D eigenvalue weighted by molar-refractivity contribution is 5.81. The van der Waals surface area contributed by atoms with Crippen LogP contribution < -0.4 is 14.8 Å². The highest BCUT2D eigenvalue weighted by atomic mass is 16.6. The molecule has 1 N–H and O–H groups in total. The first-order chi connectivity index (χ1) is 11.4. The molecule has 1 aliphatic carbocycles. The van der Waals surface area contributed by atoms with E-state index in [0.717, 1.165) is 36.6 Å². The van der Waals surface area contributed by atoms with Gasteiger partial charge in [-0.3, -0.25) is 0 Å². The van der Waals surface area contributed by atoms with Gasteiger partial charge in [0.2, 0.25) is 0 Å². The zero-order chi connectivity index (χ0) is 15.2. The number of nitrogens with zero attached hydrogens (tertiary/aromatic N) is 2. The summed E-state index contributed by atoms with van der Waals surface area (Å²) in [6.07, 6.45) is 5.14. The summed E-state index contributed by atoms with van der Waals surface area (Å²) in [6, 6.07) is 4.20. The monoisotopic (exact) mass is 313 g/mol. The lowest BCUT2D eigenvalue weighted by molar-refractivity contribution is 0.172. The Bertz CT molecular complexity index is 729. The molecule has 2 fully saturated rings. The van der Waals surface area contributed by atoms with Crippen molar-refractivity contribution in [1.29, 1.82) is 0 Å². The molecule has 1 atom stereocenters. The van der Waals surface area contributed by atoms with Crippen molar-refractivity contribution in [2.45, 2.75) is 38.1 Å². The summed E-state index contributed by atoms with van der Waals surface area (Å²) in [6.45, 7) is 4.61. The number of ether oxygens (including phenoxy) is 2. The van der Waals surface area contributed by atoms with Crippen LogP contribution in [-0.2, 0) is 6.54 Å². The summed E-state index contributed by atoms with van der Waals surface area (Å²) in [4.78, 5) is 4.96. The molecule has 5 rings (SSSR count). The third-order valence-electron chi connectivity index (χ3n) is 5.22. The smallest absolute Gasteiger partial charge is 0.163 e. The van der Waals surface area contributed by atoms with Crippen LogP contribution in [-0.4, -0.2) is 35.9 Å². The zero-order valence-corrected chi connectivity index (χ0v) is 13.4. The van der Waals surface area contributed by atoms with Gasteiger partial charge in [-0.1, -0.05) is 0 Å². The normalized spacial score (nSPS) is 24.1. The van der Waals surface area contributed by atoms with E-state index in [4.69, 9.17) is 14.5 Å². The third-order valence-corrected chi connectivity index (χ3v) is 5.22. The minimum absolute atomic E-state index is 0.627. The maximum absolute atomic E-state index is 5.78. The van der Waals surface area contributed by atoms with Crippen molar-refractivity contribution in [2.75, 3.05) is 26.3 Å². The van der Waals surface area contributed by atoms with E-state index in [1.54, 1.807) is 0 Å². The lowest BCUT2D eigenvalue weighted by Crippen LogP contribution is -2.32. The zero-order valence-electron chi connectivity index (χ0n) is 13.4. The second kappa shape index (κ2) is 5.41. The Morgan fingerprint density at radius 2 is 1.96 bits per heavy atom. The van der Waals surface area contributed by atoms with Gasteiger partial charge in [-0.25, -0.2) is 4.98 Å². The van der Waals surface area contributed by atoms with Crippen LogP contribution in [0.1, 0.15) is 37.4 Å². The average molecular weight is 313 g/mol. The molecule has 1 saturated carbocycles. The van der Waals surface area contributed by atoms with Gasteiger partial charge in [-0.15, -0.1) is 0 Å². The van der Waals surface area contributed by atoms with Crippen LogP contribution in [0.2, 0.25) is 0 Å². The van der Waals surface area contributed by atoms with Crippen molar-refractivity contribution in [3.63, 3.8) is 0 Å². The summed E-state index contributed by atoms with van der Waals surface area (Å²) in [5.74, 6) is 4.33. The van der Waals surface area contributed by atoms with Crippen LogP contribution >= 0.6 is 0 Å². The van der Waals surface area contributed by atoms with E-state index in [0.29, 0.717) is 25.0 Å². The number of fused-ring (bicyclic) bond motifs is 2. The second-order valence-electron chi connectivity index (χ2n) is 7.05. The lowest BCUT2D eigenvalue weighted by atomic mass is 9.99. The van der Waals surface area contributed by atoms with Gasteiger partial charge >= 0.3 is 0 Å². The van der Waals surface area contributed by atoms with Crippen molar-refractivity contribution >= 4 is 11.0 Å². The number of aromatic nitrogens is 2. The molecule has 2 aliphatic heterocycles. The molecule has 0 spiro atoms. The highest BCUT2D eigenvalue weighted by Crippen LogP contribution is 2.43. The first-order valence-corrected chi connectivity index (χ1v) is 8.89. The van der Waals surface area contributed by atoms with Gasteiger partial charge in [0, 0.05) is 24.6 Å². The number of hydrogen-bond acceptors (Lipinski definition) is 4. The van der Waals surface area contributed by atoms with Gasteiger partial charge in [0.15, 0.2) is 11.5 Å². The van der Waals surface area contributed by atoms with E-state index in [1.165, 1.54) is 37.0 Å². The molecule has 1 aromatic heterocycles. The summed E-state index contributed by atoms with van der Waals surface area (Å²) in [7, 11) is 0. The summed E-state index contributed by atoms with van der Waals surface area (Å²) < 4.78 is 14.0. The summed E-state index contributed by atoms with van der Waals surface area (Å²) in [5, 5.41) is 3.53. The van der Waals surface area contributed by atoms with Crippen LogP contribution in [0.4, 0.5) is 0 Å². The van der Waals surface area contributed by atoms with E-state index in [2.05, 4.69) is 22.0 Å². The Hall–Kier alpha value is -1.75. The van der Waals surface area contributed by atoms with Crippen LogP contribution in [0.3, 0.4) is 0 Å². The van der Waals surface area contributed by atoms with Crippen LogP contribution in [0.15, 0.2) is 12.1 Å². The van der Waals surface area contributed by atoms with Crippen molar-refractivity contribution in [3.05, 3.63) is 18.0 Å². The Morgan fingerprint density at radius 1 is 1.13 bits per heavy atom. The van der Waals surface area contributed by atoms with E-state index in [1.807, 2.05) is 0 Å². The maximum atomic E-state index is 5.78. The van der Waals surface area contributed by atoms with Crippen LogP contribution in [0, 0.1) is 5.92 Å². The standard InChI is InChI=1S/C18H23N3O2/c1-2-12(10-19-5-1)11-21-15-9-17-16(22-6-7-23-17)8-14(15)20-18(21)13-3-4-13/h8-9,12-13,19H,1-7,10-11H2. The third kappa shape index (κ3) is 2.47. The maximum Gasteiger partial charge on any atom is 0.163 e.